The molecule has 0 heterocycles. The molecule has 0 aromatic heterocycles. The van der Waals surface area contributed by atoms with Crippen LogP contribution in [0.5, 0.6) is 0 Å². The molecule has 2 aromatic rings. The average molecular weight is 305 g/mol. The van der Waals surface area contributed by atoms with Gasteiger partial charge in [-0.3, -0.25) is 9.52 Å². The van der Waals surface area contributed by atoms with E-state index in [4.69, 9.17) is 5.73 Å². The Bertz CT molecular complexity index is 755. The van der Waals surface area contributed by atoms with E-state index >= 15 is 0 Å². The molecule has 4 N–H and O–H groups in total. The van der Waals surface area contributed by atoms with Gasteiger partial charge in [-0.05, 0) is 42.5 Å². The van der Waals surface area contributed by atoms with E-state index in [2.05, 4.69) is 10.0 Å². The number of sulfonamides is 1. The lowest BCUT2D eigenvalue weighted by atomic mass is 10.2. The second-order valence-electron chi connectivity index (χ2n) is 4.33. The molecule has 0 aliphatic heterocycles. The topological polar surface area (TPSA) is 101 Å². The Hall–Kier alpha value is -2.54. The summed E-state index contributed by atoms with van der Waals surface area (Å²) in [4.78, 5) is 11.6. The molecule has 0 saturated carbocycles. The largest absolute Gasteiger partial charge is 0.399 e. The van der Waals surface area contributed by atoms with Crippen LogP contribution in [0.15, 0.2) is 53.4 Å². The number of nitrogens with one attached hydrogen (secondary N) is 2. The third-order valence-corrected chi connectivity index (χ3v) is 4.19. The standard InChI is InChI=1S/C14H15N3O3S/c1-16-14(18)10-3-2-4-12(9-10)17-21(19,20)13-7-5-11(15)6-8-13/h2-9,17H,15H2,1H3,(H,16,18). The molecule has 6 nitrogen and oxygen atoms in total. The second kappa shape index (κ2) is 5.84. The van der Waals surface area contributed by atoms with Gasteiger partial charge in [0.15, 0.2) is 0 Å². The van der Waals surface area contributed by atoms with Crippen molar-refractivity contribution in [2.45, 2.75) is 4.90 Å². The summed E-state index contributed by atoms with van der Waals surface area (Å²) < 4.78 is 26.8. The lowest BCUT2D eigenvalue weighted by molar-refractivity contribution is 0.0963. The first-order chi connectivity index (χ1) is 9.92. The van der Waals surface area contributed by atoms with Crippen molar-refractivity contribution < 1.29 is 13.2 Å². The van der Waals surface area contributed by atoms with Crippen LogP contribution < -0.4 is 15.8 Å². The van der Waals surface area contributed by atoms with E-state index in [1.54, 1.807) is 18.2 Å². The van der Waals surface area contributed by atoms with E-state index in [0.29, 0.717) is 16.9 Å². The number of amides is 1. The fourth-order valence-corrected chi connectivity index (χ4v) is 2.78. The van der Waals surface area contributed by atoms with Crippen LogP contribution >= 0.6 is 0 Å². The Balaban J connectivity index is 2.28. The third-order valence-electron chi connectivity index (χ3n) is 2.79. The Morgan fingerprint density at radius 2 is 1.76 bits per heavy atom. The predicted octanol–water partition coefficient (Wildman–Crippen LogP) is 1.43. The fraction of sp³-hybridized carbons (Fsp3) is 0.0714. The van der Waals surface area contributed by atoms with Gasteiger partial charge in [-0.25, -0.2) is 8.42 Å². The molecule has 0 bridgehead atoms. The van der Waals surface area contributed by atoms with Crippen LogP contribution in [0.2, 0.25) is 0 Å². The minimum Gasteiger partial charge on any atom is -0.399 e. The highest BCUT2D eigenvalue weighted by Gasteiger charge is 2.14. The van der Waals surface area contributed by atoms with Crippen molar-refractivity contribution in [1.29, 1.82) is 0 Å². The molecule has 7 heteroatoms. The van der Waals surface area contributed by atoms with Gasteiger partial charge in [0, 0.05) is 24.0 Å². The third kappa shape index (κ3) is 3.51. The van der Waals surface area contributed by atoms with Crippen LogP contribution in [-0.4, -0.2) is 21.4 Å². The van der Waals surface area contributed by atoms with Gasteiger partial charge in [0.1, 0.15) is 0 Å². The highest BCUT2D eigenvalue weighted by molar-refractivity contribution is 7.92. The zero-order chi connectivity index (χ0) is 15.5. The van der Waals surface area contributed by atoms with E-state index in [0.717, 1.165) is 0 Å². The summed E-state index contributed by atoms with van der Waals surface area (Å²) in [5.41, 5.74) is 6.70. The van der Waals surface area contributed by atoms with Crippen molar-refractivity contribution in [1.82, 2.24) is 5.32 Å². The zero-order valence-electron chi connectivity index (χ0n) is 11.3. The second-order valence-corrected chi connectivity index (χ2v) is 6.02. The molecule has 21 heavy (non-hydrogen) atoms. The number of rotatable bonds is 4. The van der Waals surface area contributed by atoms with Crippen molar-refractivity contribution >= 4 is 27.3 Å². The van der Waals surface area contributed by atoms with Crippen molar-refractivity contribution in [3.63, 3.8) is 0 Å². The zero-order valence-corrected chi connectivity index (χ0v) is 12.1. The maximum absolute atomic E-state index is 12.2. The number of hydrogen-bond donors (Lipinski definition) is 3. The highest BCUT2D eigenvalue weighted by Crippen LogP contribution is 2.18. The number of hydrogen-bond acceptors (Lipinski definition) is 4. The number of carbonyl (C=O) groups excluding carboxylic acids is 1. The average Bonchev–Trinajstić information content (AvgIpc) is 2.46. The van der Waals surface area contributed by atoms with Gasteiger partial charge >= 0.3 is 0 Å². The van der Waals surface area contributed by atoms with Gasteiger partial charge < -0.3 is 11.1 Å². The minimum atomic E-state index is -3.72. The SMILES string of the molecule is CNC(=O)c1cccc(NS(=O)(=O)c2ccc(N)cc2)c1. The number of benzene rings is 2. The first kappa shape index (κ1) is 14.9. The maximum atomic E-state index is 12.2. The first-order valence-corrected chi connectivity index (χ1v) is 7.61. The van der Waals surface area contributed by atoms with Gasteiger partial charge in [-0.2, -0.15) is 0 Å². The van der Waals surface area contributed by atoms with Crippen molar-refractivity contribution in [2.24, 2.45) is 0 Å². The highest BCUT2D eigenvalue weighted by atomic mass is 32.2. The molecular weight excluding hydrogens is 290 g/mol. The van der Waals surface area contributed by atoms with E-state index in [9.17, 15) is 13.2 Å². The minimum absolute atomic E-state index is 0.0991. The summed E-state index contributed by atoms with van der Waals surface area (Å²) in [5, 5.41) is 2.48. The molecule has 0 fully saturated rings. The number of anilines is 2. The van der Waals surface area contributed by atoms with Gasteiger partial charge in [-0.1, -0.05) is 6.07 Å². The maximum Gasteiger partial charge on any atom is 0.261 e. The molecule has 1 amide bonds. The number of nitrogens with two attached hydrogens (primary N) is 1. The monoisotopic (exact) mass is 305 g/mol. The molecule has 0 aliphatic rings. The van der Waals surface area contributed by atoms with E-state index < -0.39 is 10.0 Å². The summed E-state index contributed by atoms with van der Waals surface area (Å²) >= 11 is 0. The van der Waals surface area contributed by atoms with E-state index in [1.807, 2.05) is 0 Å². The molecule has 0 atom stereocenters. The van der Waals surface area contributed by atoms with Crippen LogP contribution in [-0.2, 0) is 10.0 Å². The number of nitrogen functional groups attached to an aromatic ring is 1. The van der Waals surface area contributed by atoms with Gasteiger partial charge in [-0.15, -0.1) is 0 Å². The van der Waals surface area contributed by atoms with Gasteiger partial charge in [0.2, 0.25) is 0 Å². The van der Waals surface area contributed by atoms with Crippen LogP contribution in [0.3, 0.4) is 0 Å². The normalized spacial score (nSPS) is 10.9. The quantitative estimate of drug-likeness (QED) is 0.744. The summed E-state index contributed by atoms with van der Waals surface area (Å²) in [6.07, 6.45) is 0. The fourth-order valence-electron chi connectivity index (χ4n) is 1.73. The summed E-state index contributed by atoms with van der Waals surface area (Å²) in [5.74, 6) is -0.288. The molecule has 0 unspecified atom stereocenters. The number of carbonyl (C=O) groups is 1. The van der Waals surface area contributed by atoms with Crippen LogP contribution in [0.25, 0.3) is 0 Å². The van der Waals surface area contributed by atoms with Gasteiger partial charge in [0.25, 0.3) is 15.9 Å². The molecular formula is C14H15N3O3S. The van der Waals surface area contributed by atoms with E-state index in [-0.39, 0.29) is 10.8 Å². The Morgan fingerprint density at radius 1 is 1.10 bits per heavy atom. The Kier molecular flexibility index (Phi) is 4.13. The molecule has 0 spiro atoms. The molecule has 2 rings (SSSR count). The lowest BCUT2D eigenvalue weighted by Gasteiger charge is -2.09. The van der Waals surface area contributed by atoms with Gasteiger partial charge in [0.05, 0.1) is 4.90 Å². The predicted molar refractivity (Wildman–Crippen MR) is 81.5 cm³/mol. The molecule has 2 aromatic carbocycles. The summed E-state index contributed by atoms with van der Waals surface area (Å²) in [6.45, 7) is 0. The molecule has 0 aliphatic carbocycles. The lowest BCUT2D eigenvalue weighted by Crippen LogP contribution is -2.18. The molecule has 0 radical (unpaired) electrons. The van der Waals surface area contributed by atoms with Crippen molar-refractivity contribution in [3.8, 4) is 0 Å². The first-order valence-electron chi connectivity index (χ1n) is 6.13. The van der Waals surface area contributed by atoms with Crippen LogP contribution in [0.1, 0.15) is 10.4 Å². The van der Waals surface area contributed by atoms with E-state index in [1.165, 1.54) is 37.4 Å². The Morgan fingerprint density at radius 3 is 2.38 bits per heavy atom. The van der Waals surface area contributed by atoms with Crippen LogP contribution in [0.4, 0.5) is 11.4 Å². The Labute approximate surface area is 123 Å². The summed E-state index contributed by atoms with van der Waals surface area (Å²) in [7, 11) is -2.21. The molecule has 110 valence electrons. The smallest absolute Gasteiger partial charge is 0.261 e. The van der Waals surface area contributed by atoms with Crippen molar-refractivity contribution in [2.75, 3.05) is 17.5 Å². The van der Waals surface area contributed by atoms with Crippen molar-refractivity contribution in [3.05, 3.63) is 54.1 Å². The van der Waals surface area contributed by atoms with Crippen LogP contribution in [0, 0.1) is 0 Å². The molecule has 0 saturated heterocycles. The summed E-state index contributed by atoms with van der Waals surface area (Å²) in [6, 6.07) is 12.1.